The molecule has 0 amide bonds. The summed E-state index contributed by atoms with van der Waals surface area (Å²) in [5.41, 5.74) is 1.19. The average molecular weight is 315 g/mol. The summed E-state index contributed by atoms with van der Waals surface area (Å²) >= 11 is 3.14. The highest BCUT2D eigenvalue weighted by Crippen LogP contribution is 2.34. The summed E-state index contributed by atoms with van der Waals surface area (Å²) in [6.45, 7) is 1.67. The van der Waals surface area contributed by atoms with Crippen LogP contribution in [0.15, 0.2) is 28.5 Å². The van der Waals surface area contributed by atoms with E-state index in [2.05, 4.69) is 15.9 Å². The Bertz CT molecular complexity index is 523. The number of carbonyl (C=O) groups is 1. The minimum atomic E-state index is -0.768. The smallest absolute Gasteiger partial charge is 0.143 e. The summed E-state index contributed by atoms with van der Waals surface area (Å²) in [6.07, 6.45) is 0.980. The van der Waals surface area contributed by atoms with Crippen LogP contribution < -0.4 is 0 Å². The third kappa shape index (κ3) is 2.69. The average Bonchev–Trinajstić information content (AvgIpc) is 2.34. The monoisotopic (exact) mass is 314 g/mol. The standard InChI is InChI=1S/C14H13BrF2O/c1-8-2-3-9(7-12(8)16)6-10-13(18)5-4-11(15)14(10)17/h2-3,7,10H,4-6H2,1H3. The topological polar surface area (TPSA) is 17.1 Å². The van der Waals surface area contributed by atoms with Crippen LogP contribution in [0.1, 0.15) is 24.0 Å². The molecule has 1 aromatic carbocycles. The summed E-state index contributed by atoms with van der Waals surface area (Å²) in [5, 5.41) is 0. The fraction of sp³-hybridized carbons (Fsp3) is 0.357. The van der Waals surface area contributed by atoms with Gasteiger partial charge in [-0.1, -0.05) is 28.1 Å². The van der Waals surface area contributed by atoms with Crippen molar-refractivity contribution in [3.63, 3.8) is 0 Å². The quantitative estimate of drug-likeness (QED) is 0.798. The zero-order valence-electron chi connectivity index (χ0n) is 9.97. The lowest BCUT2D eigenvalue weighted by Crippen LogP contribution is -2.22. The fourth-order valence-electron chi connectivity index (χ4n) is 2.06. The summed E-state index contributed by atoms with van der Waals surface area (Å²) in [5.74, 6) is -1.61. The molecule has 0 N–H and O–H groups in total. The second-order valence-electron chi connectivity index (χ2n) is 4.56. The van der Waals surface area contributed by atoms with E-state index in [1.54, 1.807) is 19.1 Å². The number of ketones is 1. The molecule has 0 saturated heterocycles. The van der Waals surface area contributed by atoms with E-state index in [9.17, 15) is 13.6 Å². The summed E-state index contributed by atoms with van der Waals surface area (Å²) in [7, 11) is 0. The van der Waals surface area contributed by atoms with E-state index in [4.69, 9.17) is 0 Å². The van der Waals surface area contributed by atoms with Crippen molar-refractivity contribution in [1.29, 1.82) is 0 Å². The highest BCUT2D eigenvalue weighted by Gasteiger charge is 2.29. The molecule has 0 aliphatic heterocycles. The van der Waals surface area contributed by atoms with Gasteiger partial charge in [0, 0.05) is 10.9 Å². The van der Waals surface area contributed by atoms with Crippen molar-refractivity contribution in [2.24, 2.45) is 5.92 Å². The zero-order chi connectivity index (χ0) is 13.3. The molecule has 0 fully saturated rings. The van der Waals surface area contributed by atoms with Gasteiger partial charge in [0.2, 0.25) is 0 Å². The second kappa shape index (κ2) is 5.31. The number of benzene rings is 1. The number of Topliss-reactive ketones (excluding diaryl/α,β-unsaturated/α-hetero) is 1. The molecule has 96 valence electrons. The van der Waals surface area contributed by atoms with E-state index in [-0.39, 0.29) is 18.0 Å². The number of allylic oxidation sites excluding steroid dienone is 2. The first kappa shape index (κ1) is 13.4. The molecule has 0 radical (unpaired) electrons. The van der Waals surface area contributed by atoms with Crippen LogP contribution in [0, 0.1) is 18.7 Å². The second-order valence-corrected chi connectivity index (χ2v) is 5.52. The Morgan fingerprint density at radius 2 is 2.06 bits per heavy atom. The van der Waals surface area contributed by atoms with Crippen LogP contribution in [-0.2, 0) is 11.2 Å². The van der Waals surface area contributed by atoms with Gasteiger partial charge in [-0.05, 0) is 37.0 Å². The molecular weight excluding hydrogens is 302 g/mol. The van der Waals surface area contributed by atoms with Gasteiger partial charge in [0.1, 0.15) is 17.4 Å². The predicted molar refractivity (Wildman–Crippen MR) is 69.6 cm³/mol. The van der Waals surface area contributed by atoms with Gasteiger partial charge in [0.05, 0.1) is 5.92 Å². The Morgan fingerprint density at radius 3 is 2.72 bits per heavy atom. The van der Waals surface area contributed by atoms with Crippen molar-refractivity contribution in [2.75, 3.05) is 0 Å². The Morgan fingerprint density at radius 1 is 1.33 bits per heavy atom. The zero-order valence-corrected chi connectivity index (χ0v) is 11.6. The van der Waals surface area contributed by atoms with Crippen LogP contribution in [0.3, 0.4) is 0 Å². The summed E-state index contributed by atoms with van der Waals surface area (Å²) in [4.78, 5) is 11.7. The molecule has 0 saturated carbocycles. The van der Waals surface area contributed by atoms with E-state index in [1.807, 2.05) is 0 Å². The number of carbonyl (C=O) groups excluding carboxylic acids is 1. The molecule has 0 spiro atoms. The molecule has 1 aliphatic carbocycles. The lowest BCUT2D eigenvalue weighted by atomic mass is 9.87. The molecule has 1 atom stereocenters. The molecular formula is C14H13BrF2O. The third-order valence-electron chi connectivity index (χ3n) is 3.22. The SMILES string of the molecule is Cc1ccc(CC2C(=O)CCC(Br)=C2F)cc1F. The molecule has 4 heteroatoms. The summed E-state index contributed by atoms with van der Waals surface area (Å²) < 4.78 is 27.7. The molecule has 0 bridgehead atoms. The van der Waals surface area contributed by atoms with Crippen molar-refractivity contribution >= 4 is 21.7 Å². The Labute approximate surface area is 113 Å². The number of aryl methyl sites for hydroxylation is 1. The molecule has 1 aliphatic rings. The van der Waals surface area contributed by atoms with Crippen LogP contribution in [0.2, 0.25) is 0 Å². The molecule has 2 rings (SSSR count). The van der Waals surface area contributed by atoms with Crippen molar-refractivity contribution in [2.45, 2.75) is 26.2 Å². The van der Waals surface area contributed by atoms with Crippen molar-refractivity contribution < 1.29 is 13.6 Å². The first-order valence-corrected chi connectivity index (χ1v) is 6.60. The van der Waals surface area contributed by atoms with Gasteiger partial charge in [-0.3, -0.25) is 4.79 Å². The minimum absolute atomic E-state index is 0.114. The van der Waals surface area contributed by atoms with E-state index >= 15 is 0 Å². The van der Waals surface area contributed by atoms with Gasteiger partial charge < -0.3 is 0 Å². The van der Waals surface area contributed by atoms with Gasteiger partial charge in [-0.15, -0.1) is 0 Å². The maximum Gasteiger partial charge on any atom is 0.143 e. The van der Waals surface area contributed by atoms with Crippen LogP contribution in [0.4, 0.5) is 8.78 Å². The van der Waals surface area contributed by atoms with Crippen molar-refractivity contribution in [1.82, 2.24) is 0 Å². The molecule has 18 heavy (non-hydrogen) atoms. The lowest BCUT2D eigenvalue weighted by Gasteiger charge is -2.20. The highest BCUT2D eigenvalue weighted by molar-refractivity contribution is 9.11. The van der Waals surface area contributed by atoms with Crippen LogP contribution in [0.5, 0.6) is 0 Å². The normalized spacial score (nSPS) is 20.4. The predicted octanol–water partition coefficient (Wildman–Crippen LogP) is 4.23. The lowest BCUT2D eigenvalue weighted by molar-refractivity contribution is -0.122. The summed E-state index contributed by atoms with van der Waals surface area (Å²) in [6, 6.07) is 4.76. The third-order valence-corrected chi connectivity index (χ3v) is 4.00. The maximum atomic E-state index is 13.9. The minimum Gasteiger partial charge on any atom is -0.299 e. The van der Waals surface area contributed by atoms with Crippen LogP contribution in [0.25, 0.3) is 0 Å². The Balaban J connectivity index is 2.24. The molecule has 1 nitrogen and oxygen atoms in total. The van der Waals surface area contributed by atoms with E-state index in [0.717, 1.165) is 0 Å². The molecule has 1 unspecified atom stereocenters. The number of halogens is 3. The van der Waals surface area contributed by atoms with Crippen molar-refractivity contribution in [3.8, 4) is 0 Å². The Hall–Kier alpha value is -1.03. The largest absolute Gasteiger partial charge is 0.299 e. The van der Waals surface area contributed by atoms with E-state index in [0.29, 0.717) is 28.5 Å². The molecule has 0 aromatic heterocycles. The van der Waals surface area contributed by atoms with Crippen LogP contribution in [-0.4, -0.2) is 5.78 Å². The van der Waals surface area contributed by atoms with Crippen LogP contribution >= 0.6 is 15.9 Å². The molecule has 0 heterocycles. The van der Waals surface area contributed by atoms with Gasteiger partial charge in [-0.2, -0.15) is 0 Å². The van der Waals surface area contributed by atoms with Gasteiger partial charge in [-0.25, -0.2) is 8.78 Å². The number of hydrogen-bond acceptors (Lipinski definition) is 1. The van der Waals surface area contributed by atoms with E-state index < -0.39 is 11.7 Å². The first-order valence-electron chi connectivity index (χ1n) is 5.81. The Kier molecular flexibility index (Phi) is 3.95. The van der Waals surface area contributed by atoms with Gasteiger partial charge in [0.25, 0.3) is 0 Å². The van der Waals surface area contributed by atoms with E-state index in [1.165, 1.54) is 6.07 Å². The first-order chi connectivity index (χ1) is 8.49. The highest BCUT2D eigenvalue weighted by atomic mass is 79.9. The fourth-order valence-corrected chi connectivity index (χ4v) is 2.53. The van der Waals surface area contributed by atoms with Gasteiger partial charge >= 0.3 is 0 Å². The van der Waals surface area contributed by atoms with Gasteiger partial charge in [0.15, 0.2) is 0 Å². The van der Waals surface area contributed by atoms with Crippen molar-refractivity contribution in [3.05, 3.63) is 45.5 Å². The maximum absolute atomic E-state index is 13.9. The molecule has 1 aromatic rings. The number of hydrogen-bond donors (Lipinski definition) is 0. The number of rotatable bonds is 2.